The number of hydrogen-bond acceptors (Lipinski definition) is 4. The number of non-ortho nitro benzene ring substituents is 1. The van der Waals surface area contributed by atoms with Gasteiger partial charge in [-0.05, 0) is 37.5 Å². The fraction of sp³-hybridized carbons (Fsp3) is 0.350. The van der Waals surface area contributed by atoms with E-state index >= 15 is 0 Å². The summed E-state index contributed by atoms with van der Waals surface area (Å²) in [5, 5.41) is 22.8. The van der Waals surface area contributed by atoms with Crippen LogP contribution in [0, 0.1) is 17.0 Å². The van der Waals surface area contributed by atoms with Crippen LogP contribution in [0.3, 0.4) is 0 Å². The highest BCUT2D eigenvalue weighted by Gasteiger charge is 2.52. The summed E-state index contributed by atoms with van der Waals surface area (Å²) in [6, 6.07) is 14.6. The van der Waals surface area contributed by atoms with Gasteiger partial charge in [0.05, 0.1) is 11.5 Å². The Labute approximate surface area is 168 Å². The number of nitro benzene ring substituents is 1. The minimum absolute atomic E-state index is 0. The number of amidine groups is 1. The predicted molar refractivity (Wildman–Crippen MR) is 99.5 cm³/mol. The minimum Gasteiger partial charge on any atom is -1.00 e. The highest BCUT2D eigenvalue weighted by Crippen LogP contribution is 2.36. The Hall–Kier alpha value is -2.25. The summed E-state index contributed by atoms with van der Waals surface area (Å²) in [5.41, 5.74) is 1.53. The van der Waals surface area contributed by atoms with Crippen LogP contribution in [0.5, 0.6) is 0 Å². The van der Waals surface area contributed by atoms with E-state index in [9.17, 15) is 15.2 Å². The first-order valence-corrected chi connectivity index (χ1v) is 8.94. The lowest BCUT2D eigenvalue weighted by molar-refractivity contribution is -0.661. The molecule has 0 aliphatic carbocycles. The zero-order valence-electron chi connectivity index (χ0n) is 15.1. The number of rotatable bonds is 3. The van der Waals surface area contributed by atoms with Gasteiger partial charge in [0.15, 0.2) is 6.54 Å². The zero-order chi connectivity index (χ0) is 18.3. The second kappa shape index (κ2) is 7.40. The van der Waals surface area contributed by atoms with Crippen LogP contribution in [-0.4, -0.2) is 33.5 Å². The molecule has 2 aromatic rings. The van der Waals surface area contributed by atoms with Crippen molar-refractivity contribution in [2.75, 3.05) is 18.0 Å². The molecule has 0 bridgehead atoms. The van der Waals surface area contributed by atoms with Crippen LogP contribution in [0.15, 0.2) is 48.5 Å². The van der Waals surface area contributed by atoms with Gasteiger partial charge in [0.2, 0.25) is 0 Å². The van der Waals surface area contributed by atoms with Gasteiger partial charge in [-0.1, -0.05) is 24.3 Å². The summed E-state index contributed by atoms with van der Waals surface area (Å²) in [7, 11) is 0. The molecule has 1 unspecified atom stereocenters. The Kier molecular flexibility index (Phi) is 5.35. The molecule has 2 heterocycles. The fourth-order valence-electron chi connectivity index (χ4n) is 4.05. The second-order valence-corrected chi connectivity index (χ2v) is 7.07. The van der Waals surface area contributed by atoms with Crippen molar-refractivity contribution in [3.63, 3.8) is 0 Å². The van der Waals surface area contributed by atoms with Crippen LogP contribution >= 0.6 is 0 Å². The third-order valence-corrected chi connectivity index (χ3v) is 5.31. The molecule has 2 aromatic carbocycles. The molecule has 0 aromatic heterocycles. The van der Waals surface area contributed by atoms with Crippen molar-refractivity contribution in [1.29, 1.82) is 0 Å². The molecule has 4 rings (SSSR count). The van der Waals surface area contributed by atoms with E-state index < -0.39 is 10.6 Å². The van der Waals surface area contributed by atoms with Crippen molar-refractivity contribution in [2.45, 2.75) is 31.9 Å². The Morgan fingerprint density at radius 2 is 1.96 bits per heavy atom. The summed E-state index contributed by atoms with van der Waals surface area (Å²) in [6.45, 7) is 3.17. The van der Waals surface area contributed by atoms with Gasteiger partial charge in [-0.3, -0.25) is 10.1 Å². The fourth-order valence-corrected chi connectivity index (χ4v) is 4.05. The van der Waals surface area contributed by atoms with Crippen molar-refractivity contribution in [2.24, 2.45) is 0 Å². The number of benzene rings is 2. The molecule has 6 nitrogen and oxygen atoms in total. The topological polar surface area (TPSA) is 69.6 Å². The molecule has 27 heavy (non-hydrogen) atoms. The number of halogens is 1. The van der Waals surface area contributed by atoms with E-state index in [-0.39, 0.29) is 22.7 Å². The third-order valence-electron chi connectivity index (χ3n) is 5.31. The van der Waals surface area contributed by atoms with Gasteiger partial charge < -0.3 is 22.1 Å². The summed E-state index contributed by atoms with van der Waals surface area (Å²) >= 11 is 0. The average Bonchev–Trinajstić information content (AvgIpc) is 2.96. The van der Waals surface area contributed by atoms with Gasteiger partial charge in [0, 0.05) is 24.1 Å². The summed E-state index contributed by atoms with van der Waals surface area (Å²) in [6.07, 6.45) is 2.98. The molecule has 7 heteroatoms. The molecule has 2 aliphatic rings. The first-order chi connectivity index (χ1) is 12.5. The first kappa shape index (κ1) is 19.5. The van der Waals surface area contributed by atoms with Gasteiger partial charge >= 0.3 is 0 Å². The Morgan fingerprint density at radius 3 is 2.70 bits per heavy atom. The number of aliphatic hydroxyl groups is 1. The van der Waals surface area contributed by atoms with Gasteiger partial charge in [0.1, 0.15) is 5.69 Å². The number of nitro groups is 1. The molecule has 0 saturated heterocycles. The maximum atomic E-state index is 11.6. The van der Waals surface area contributed by atoms with Crippen molar-refractivity contribution in [3.8, 4) is 0 Å². The van der Waals surface area contributed by atoms with Crippen molar-refractivity contribution in [3.05, 3.63) is 69.8 Å². The zero-order valence-corrected chi connectivity index (χ0v) is 16.7. The number of hydrogen-bond donors (Lipinski definition) is 1. The summed E-state index contributed by atoms with van der Waals surface area (Å²) in [4.78, 5) is 12.9. The second-order valence-electron chi connectivity index (χ2n) is 7.07. The highest BCUT2D eigenvalue weighted by molar-refractivity contribution is 5.96. The Balaban J connectivity index is 0.00000210. The molecule has 1 N–H and O–H groups in total. The van der Waals surface area contributed by atoms with Crippen molar-refractivity contribution >= 4 is 17.2 Å². The molecule has 0 fully saturated rings. The van der Waals surface area contributed by atoms with Crippen LogP contribution in [-0.2, 0) is 5.72 Å². The smallest absolute Gasteiger partial charge is 0.271 e. The van der Waals surface area contributed by atoms with Crippen LogP contribution in [0.4, 0.5) is 11.4 Å². The number of β-amino-alcohol motifs (C(OH)–C–C–N with tert-alkyl or cyclic N) is 1. The van der Waals surface area contributed by atoms with Gasteiger partial charge in [0.25, 0.3) is 17.2 Å². The third kappa shape index (κ3) is 3.37. The van der Waals surface area contributed by atoms with Crippen LogP contribution < -0.4 is 21.9 Å². The molecule has 0 amide bonds. The largest absolute Gasteiger partial charge is 1.00 e. The SMILES string of the molecule is Cc1cccc(N2CC(O)(c3cccc([N+](=O)[O-])c3)[N+]3=C2CCCC3)c1.[Br-]. The van der Waals surface area contributed by atoms with Gasteiger partial charge in [-0.25, -0.2) is 9.48 Å². The van der Waals surface area contributed by atoms with E-state index in [4.69, 9.17) is 0 Å². The Bertz CT molecular complexity index is 915. The Morgan fingerprint density at radius 1 is 1.19 bits per heavy atom. The first-order valence-electron chi connectivity index (χ1n) is 8.94. The molecule has 0 spiro atoms. The van der Waals surface area contributed by atoms with E-state index in [1.807, 2.05) is 16.7 Å². The molecule has 1 atom stereocenters. The molecule has 0 saturated carbocycles. The monoisotopic (exact) mass is 431 g/mol. The normalized spacial score (nSPS) is 21.6. The lowest BCUT2D eigenvalue weighted by atomic mass is 10.0. The van der Waals surface area contributed by atoms with Crippen molar-refractivity contribution in [1.82, 2.24) is 0 Å². The van der Waals surface area contributed by atoms with E-state index in [1.54, 1.807) is 12.1 Å². The van der Waals surface area contributed by atoms with E-state index in [0.29, 0.717) is 12.1 Å². The van der Waals surface area contributed by atoms with Gasteiger partial charge in [-0.15, -0.1) is 0 Å². The number of aryl methyl sites for hydroxylation is 1. The van der Waals surface area contributed by atoms with Gasteiger partial charge in [-0.2, -0.15) is 0 Å². The quantitative estimate of drug-likeness (QED) is 0.427. The van der Waals surface area contributed by atoms with Crippen LogP contribution in [0.25, 0.3) is 0 Å². The van der Waals surface area contributed by atoms with Crippen LogP contribution in [0.1, 0.15) is 30.4 Å². The predicted octanol–water partition coefficient (Wildman–Crippen LogP) is 0.167. The summed E-state index contributed by atoms with van der Waals surface area (Å²) in [5.74, 6) is 1.09. The van der Waals surface area contributed by atoms with E-state index in [0.717, 1.165) is 42.9 Å². The molecule has 0 radical (unpaired) electrons. The highest BCUT2D eigenvalue weighted by atomic mass is 79.9. The average molecular weight is 432 g/mol. The number of anilines is 1. The lowest BCUT2D eigenvalue weighted by Crippen LogP contribution is -3.00. The van der Waals surface area contributed by atoms with Crippen molar-refractivity contribution < 1.29 is 31.6 Å². The lowest BCUT2D eigenvalue weighted by Gasteiger charge is -2.24. The molecule has 142 valence electrons. The molecular weight excluding hydrogens is 410 g/mol. The summed E-state index contributed by atoms with van der Waals surface area (Å²) < 4.78 is 2.03. The molecular formula is C20H22BrN3O3. The van der Waals surface area contributed by atoms with E-state index in [2.05, 4.69) is 24.0 Å². The maximum Gasteiger partial charge on any atom is 0.271 e. The standard InChI is InChI=1S/C20H22N3O3.BrH/c1-15-6-4-8-17(12-15)21-14-20(24,22-11-3-2-10-19(21)22)16-7-5-9-18(13-16)23(25)26;/h4-9,12-13,24H,2-3,10-11,14H2,1H3;1H/q+1;/p-1. The molecule has 2 aliphatic heterocycles. The van der Waals surface area contributed by atoms with Crippen LogP contribution in [0.2, 0.25) is 0 Å². The maximum absolute atomic E-state index is 11.6. The minimum atomic E-state index is -1.26. The van der Waals surface area contributed by atoms with E-state index in [1.165, 1.54) is 12.1 Å². The number of nitrogens with zero attached hydrogens (tertiary/aromatic N) is 3.